The van der Waals surface area contributed by atoms with Crippen molar-refractivity contribution >= 4 is 59.1 Å². The van der Waals surface area contributed by atoms with Gasteiger partial charge in [0.05, 0.1) is 20.8 Å². The number of fused-ring (bicyclic) bond motifs is 1. The third kappa shape index (κ3) is 4.91. The summed E-state index contributed by atoms with van der Waals surface area (Å²) in [5, 5.41) is 5.22. The molecule has 1 aliphatic rings. The van der Waals surface area contributed by atoms with Crippen LogP contribution in [-0.2, 0) is 16.3 Å². The Bertz CT molecular complexity index is 1150. The van der Waals surface area contributed by atoms with E-state index in [1.165, 1.54) is 23.2 Å². The Morgan fingerprint density at radius 3 is 2.69 bits per heavy atom. The molecule has 6 nitrogen and oxygen atoms in total. The molecule has 0 radical (unpaired) electrons. The molecule has 29 heavy (non-hydrogen) atoms. The Labute approximate surface area is 179 Å². The van der Waals surface area contributed by atoms with Crippen LogP contribution in [0.25, 0.3) is 10.2 Å². The smallest absolute Gasteiger partial charge is 0.183 e. The lowest BCUT2D eigenvalue weighted by Gasteiger charge is -2.09. The number of aromatic nitrogens is 1. The molecule has 152 valence electrons. The van der Waals surface area contributed by atoms with Crippen molar-refractivity contribution in [2.45, 2.75) is 11.3 Å². The lowest BCUT2D eigenvalue weighted by Crippen LogP contribution is -2.17. The molecule has 1 saturated heterocycles. The van der Waals surface area contributed by atoms with Crippen molar-refractivity contribution in [3.05, 3.63) is 48.0 Å². The zero-order valence-corrected chi connectivity index (χ0v) is 18.7. The van der Waals surface area contributed by atoms with Crippen molar-refractivity contribution < 1.29 is 8.42 Å². The predicted molar refractivity (Wildman–Crippen MR) is 124 cm³/mol. The van der Waals surface area contributed by atoms with Crippen LogP contribution in [-0.4, -0.2) is 55.6 Å². The van der Waals surface area contributed by atoms with Gasteiger partial charge in [0.15, 0.2) is 20.1 Å². The Hall–Kier alpha value is -2.10. The number of sulfone groups is 1. The molecule has 0 bridgehead atoms. The first-order valence-corrected chi connectivity index (χ1v) is 12.9. The highest BCUT2D eigenvalue weighted by Gasteiger charge is 2.14. The normalized spacial score (nSPS) is 16.1. The van der Waals surface area contributed by atoms with E-state index >= 15 is 0 Å². The van der Waals surface area contributed by atoms with Crippen LogP contribution in [0.4, 0.5) is 10.8 Å². The van der Waals surface area contributed by atoms with Crippen molar-refractivity contribution in [1.29, 1.82) is 0 Å². The molecule has 4 rings (SSSR count). The van der Waals surface area contributed by atoms with Crippen LogP contribution in [0.2, 0.25) is 0 Å². The minimum Gasteiger partial charge on any atom is -0.361 e. The standard InChI is InChI=1S/C20H22N4O2S3/c1-24-11-12-27-20(24)22-15-5-3-14(4-6-15)9-10-21-19-23-17-8-7-16(29(2,25)26)13-18(17)28-19/h3-8,13H,9-12H2,1-2H3,(H,21,23). The summed E-state index contributed by atoms with van der Waals surface area (Å²) in [7, 11) is -1.13. The number of hydrogen-bond acceptors (Lipinski definition) is 7. The van der Waals surface area contributed by atoms with Crippen LogP contribution >= 0.6 is 23.1 Å². The molecule has 1 N–H and O–H groups in total. The largest absolute Gasteiger partial charge is 0.361 e. The number of anilines is 1. The fourth-order valence-electron chi connectivity index (χ4n) is 2.97. The Morgan fingerprint density at radius 2 is 2.00 bits per heavy atom. The van der Waals surface area contributed by atoms with E-state index in [4.69, 9.17) is 4.99 Å². The van der Waals surface area contributed by atoms with Crippen LogP contribution in [0.1, 0.15) is 5.56 Å². The third-order valence-corrected chi connectivity index (χ3v) is 7.76. The van der Waals surface area contributed by atoms with Crippen molar-refractivity contribution in [2.75, 3.05) is 37.5 Å². The Morgan fingerprint density at radius 1 is 1.21 bits per heavy atom. The summed E-state index contributed by atoms with van der Waals surface area (Å²) >= 11 is 3.26. The molecule has 2 aromatic carbocycles. The summed E-state index contributed by atoms with van der Waals surface area (Å²) in [6, 6.07) is 13.4. The van der Waals surface area contributed by atoms with Crippen LogP contribution in [0.5, 0.6) is 0 Å². The van der Waals surface area contributed by atoms with Gasteiger partial charge >= 0.3 is 0 Å². The molecule has 9 heteroatoms. The average Bonchev–Trinajstić information content (AvgIpc) is 3.27. The second-order valence-corrected chi connectivity index (χ2v) is 11.0. The number of thioether (sulfide) groups is 1. The highest BCUT2D eigenvalue weighted by atomic mass is 32.2. The zero-order valence-electron chi connectivity index (χ0n) is 16.3. The van der Waals surface area contributed by atoms with E-state index in [9.17, 15) is 8.42 Å². The maximum atomic E-state index is 11.7. The predicted octanol–water partition coefficient (Wildman–Crippen LogP) is 4.02. The van der Waals surface area contributed by atoms with E-state index in [-0.39, 0.29) is 0 Å². The first-order valence-electron chi connectivity index (χ1n) is 9.24. The molecule has 0 saturated carbocycles. The molecule has 0 atom stereocenters. The molecule has 1 aliphatic heterocycles. The number of benzene rings is 2. The lowest BCUT2D eigenvalue weighted by molar-refractivity contribution is 0.563. The van der Waals surface area contributed by atoms with Gasteiger partial charge in [-0.1, -0.05) is 35.2 Å². The highest BCUT2D eigenvalue weighted by molar-refractivity contribution is 8.14. The van der Waals surface area contributed by atoms with Gasteiger partial charge in [0.2, 0.25) is 0 Å². The second-order valence-electron chi connectivity index (χ2n) is 6.93. The van der Waals surface area contributed by atoms with Gasteiger partial charge in [0.25, 0.3) is 0 Å². The Balaban J connectivity index is 1.36. The van der Waals surface area contributed by atoms with Gasteiger partial charge in [0, 0.05) is 32.1 Å². The van der Waals surface area contributed by atoms with Crippen LogP contribution in [0.15, 0.2) is 52.4 Å². The van der Waals surface area contributed by atoms with Gasteiger partial charge in [0.1, 0.15) is 0 Å². The Kier molecular flexibility index (Phi) is 5.80. The van der Waals surface area contributed by atoms with Gasteiger partial charge in [-0.25, -0.2) is 18.4 Å². The number of amidine groups is 1. The maximum absolute atomic E-state index is 11.7. The maximum Gasteiger partial charge on any atom is 0.183 e. The fraction of sp³-hybridized carbons (Fsp3) is 0.300. The summed E-state index contributed by atoms with van der Waals surface area (Å²) in [5.74, 6) is 1.10. The number of thiazole rings is 1. The molecular formula is C20H22N4O2S3. The quantitative estimate of drug-likeness (QED) is 0.616. The fourth-order valence-corrected chi connectivity index (χ4v) is 5.65. The van der Waals surface area contributed by atoms with Crippen LogP contribution in [0.3, 0.4) is 0 Å². The zero-order chi connectivity index (χ0) is 20.4. The molecule has 3 aromatic rings. The van der Waals surface area contributed by atoms with Crippen LogP contribution in [0, 0.1) is 0 Å². The molecule has 0 spiro atoms. The lowest BCUT2D eigenvalue weighted by atomic mass is 10.1. The first kappa shape index (κ1) is 20.2. The number of hydrogen-bond donors (Lipinski definition) is 1. The van der Waals surface area contributed by atoms with E-state index in [1.807, 2.05) is 0 Å². The SMILES string of the molecule is CN1CCSC1=Nc1ccc(CCNc2nc3ccc(S(C)(=O)=O)cc3s2)cc1. The summed E-state index contributed by atoms with van der Waals surface area (Å²) in [5.41, 5.74) is 3.02. The first-order chi connectivity index (χ1) is 13.9. The van der Waals surface area contributed by atoms with Gasteiger partial charge in [-0.3, -0.25) is 0 Å². The van der Waals surface area contributed by atoms with Gasteiger partial charge in [-0.15, -0.1) is 0 Å². The molecule has 0 amide bonds. The number of aliphatic imine (C=N–C) groups is 1. The summed E-state index contributed by atoms with van der Waals surface area (Å²) in [4.78, 5) is 11.7. The van der Waals surface area contributed by atoms with E-state index in [1.54, 1.807) is 30.0 Å². The molecule has 0 aliphatic carbocycles. The molecule has 0 unspecified atom stereocenters. The molecule has 1 fully saturated rings. The van der Waals surface area contributed by atoms with Gasteiger partial charge in [-0.05, 0) is 42.3 Å². The van der Waals surface area contributed by atoms with Crippen LogP contribution < -0.4 is 5.32 Å². The summed E-state index contributed by atoms with van der Waals surface area (Å²) in [6.07, 6.45) is 2.09. The molecule has 1 aromatic heterocycles. The number of nitrogens with one attached hydrogen (secondary N) is 1. The average molecular weight is 447 g/mol. The van der Waals surface area contributed by atoms with Crippen molar-refractivity contribution in [3.8, 4) is 0 Å². The van der Waals surface area contributed by atoms with Crippen molar-refractivity contribution in [1.82, 2.24) is 9.88 Å². The minimum absolute atomic E-state index is 0.325. The number of nitrogens with zero attached hydrogens (tertiary/aromatic N) is 3. The topological polar surface area (TPSA) is 74.7 Å². The van der Waals surface area contributed by atoms with E-state index < -0.39 is 9.84 Å². The second kappa shape index (κ2) is 8.33. The van der Waals surface area contributed by atoms with E-state index in [2.05, 4.69) is 46.5 Å². The molecular weight excluding hydrogens is 424 g/mol. The van der Waals surface area contributed by atoms with E-state index in [0.29, 0.717) is 4.90 Å². The van der Waals surface area contributed by atoms with Crippen molar-refractivity contribution in [3.63, 3.8) is 0 Å². The highest BCUT2D eigenvalue weighted by Crippen LogP contribution is 2.28. The minimum atomic E-state index is -3.21. The summed E-state index contributed by atoms with van der Waals surface area (Å²) < 4.78 is 24.3. The van der Waals surface area contributed by atoms with E-state index in [0.717, 1.165) is 51.5 Å². The van der Waals surface area contributed by atoms with Crippen molar-refractivity contribution in [2.24, 2.45) is 4.99 Å². The van der Waals surface area contributed by atoms with Gasteiger partial charge in [-0.2, -0.15) is 0 Å². The summed E-state index contributed by atoms with van der Waals surface area (Å²) in [6.45, 7) is 1.81. The number of rotatable bonds is 6. The molecule has 2 heterocycles. The van der Waals surface area contributed by atoms with Gasteiger partial charge < -0.3 is 10.2 Å². The monoisotopic (exact) mass is 446 g/mol. The third-order valence-electron chi connectivity index (χ3n) is 4.62.